The van der Waals surface area contributed by atoms with Crippen molar-refractivity contribution >= 4 is 17.2 Å². The number of halogens is 1. The van der Waals surface area contributed by atoms with Gasteiger partial charge in [-0.15, -0.1) is 5.73 Å². The Morgan fingerprint density at radius 2 is 2.00 bits per heavy atom. The molecule has 0 fully saturated rings. The monoisotopic (exact) mass is 206 g/mol. The van der Waals surface area contributed by atoms with Crippen molar-refractivity contribution in [3.8, 4) is 0 Å². The molecule has 0 aromatic heterocycles. The van der Waals surface area contributed by atoms with Crippen molar-refractivity contribution < 1.29 is 0 Å². The highest BCUT2D eigenvalue weighted by Crippen LogP contribution is 2.21. The molecular weight excluding hydrogens is 192 g/mol. The molecule has 1 rings (SSSR count). The summed E-state index contributed by atoms with van der Waals surface area (Å²) in [7, 11) is 0. The fourth-order valence-corrected chi connectivity index (χ4v) is 1.47. The largest absolute Gasteiger partial charge is 0.125 e. The minimum Gasteiger partial charge on any atom is -0.125 e. The molecule has 14 heavy (non-hydrogen) atoms. The van der Waals surface area contributed by atoms with Crippen molar-refractivity contribution in [1.29, 1.82) is 0 Å². The molecule has 0 spiro atoms. The second kappa shape index (κ2) is 5.70. The second-order valence-corrected chi connectivity index (χ2v) is 3.70. The minimum atomic E-state index is 0.771. The molecule has 0 N–H and O–H groups in total. The van der Waals surface area contributed by atoms with E-state index in [2.05, 4.69) is 19.2 Å². The molecule has 0 amide bonds. The first-order chi connectivity index (χ1) is 6.77. The average molecular weight is 207 g/mol. The maximum Gasteiger partial charge on any atom is 0.0406 e. The van der Waals surface area contributed by atoms with E-state index in [0.717, 1.165) is 11.4 Å². The molecule has 0 atom stereocenters. The Balaban J connectivity index is 2.80. The summed E-state index contributed by atoms with van der Waals surface area (Å²) >= 11 is 5.82. The van der Waals surface area contributed by atoms with Crippen LogP contribution in [0.4, 0.5) is 0 Å². The van der Waals surface area contributed by atoms with Gasteiger partial charge in [0.2, 0.25) is 0 Å². The highest BCUT2D eigenvalue weighted by Gasteiger charge is 1.99. The van der Waals surface area contributed by atoms with Crippen LogP contribution in [0.25, 0.3) is 5.57 Å². The maximum absolute atomic E-state index is 5.82. The molecule has 0 aliphatic rings. The van der Waals surface area contributed by atoms with Gasteiger partial charge >= 0.3 is 0 Å². The zero-order valence-corrected chi connectivity index (χ0v) is 9.27. The number of allylic oxidation sites excluding steroid dienone is 1. The third kappa shape index (κ3) is 3.06. The number of hydrogen-bond donors (Lipinski definition) is 0. The number of hydrogen-bond acceptors (Lipinski definition) is 0. The number of unbranched alkanes of at least 4 members (excludes halogenated alkanes) is 1. The van der Waals surface area contributed by atoms with Gasteiger partial charge in [0.1, 0.15) is 0 Å². The predicted molar refractivity (Wildman–Crippen MR) is 63.5 cm³/mol. The average Bonchev–Trinajstić information content (AvgIpc) is 2.21. The molecule has 0 heterocycles. The number of benzene rings is 1. The highest BCUT2D eigenvalue weighted by atomic mass is 35.5. The first-order valence-corrected chi connectivity index (χ1v) is 5.30. The van der Waals surface area contributed by atoms with Crippen LogP contribution < -0.4 is 0 Å². The van der Waals surface area contributed by atoms with E-state index in [4.69, 9.17) is 11.6 Å². The lowest BCUT2D eigenvalue weighted by atomic mass is 10.0. The molecule has 0 radical (unpaired) electrons. The van der Waals surface area contributed by atoms with Gasteiger partial charge in [-0.1, -0.05) is 43.7 Å². The molecule has 0 saturated heterocycles. The van der Waals surface area contributed by atoms with Gasteiger partial charge in [-0.2, -0.15) is 0 Å². The smallest absolute Gasteiger partial charge is 0.0406 e. The molecule has 0 saturated carbocycles. The lowest BCUT2D eigenvalue weighted by Crippen LogP contribution is -1.83. The lowest BCUT2D eigenvalue weighted by Gasteiger charge is -2.03. The summed E-state index contributed by atoms with van der Waals surface area (Å²) < 4.78 is 0. The Bertz CT molecular complexity index is 329. The van der Waals surface area contributed by atoms with Crippen LogP contribution in [0.3, 0.4) is 0 Å². The fraction of sp³-hybridized carbons (Fsp3) is 0.308. The zero-order chi connectivity index (χ0) is 10.4. The molecule has 0 nitrogen and oxygen atoms in total. The van der Waals surface area contributed by atoms with E-state index in [9.17, 15) is 0 Å². The standard InChI is InChI=1S/C13H15Cl/c1-3-5-6-11(4-2)12-7-9-13(14)10-8-12/h7-10H,2-3,5-6H2,1H3. The minimum absolute atomic E-state index is 0.771. The van der Waals surface area contributed by atoms with Crippen LogP contribution in [0.15, 0.2) is 36.6 Å². The van der Waals surface area contributed by atoms with E-state index in [1.54, 1.807) is 0 Å². The third-order valence-corrected chi connectivity index (χ3v) is 2.44. The lowest BCUT2D eigenvalue weighted by molar-refractivity contribution is 0.825. The normalized spacial score (nSPS) is 9.57. The van der Waals surface area contributed by atoms with Gasteiger partial charge in [-0.3, -0.25) is 0 Å². The Kier molecular flexibility index (Phi) is 4.52. The van der Waals surface area contributed by atoms with E-state index in [-0.39, 0.29) is 0 Å². The summed E-state index contributed by atoms with van der Waals surface area (Å²) in [5, 5.41) is 0.771. The van der Waals surface area contributed by atoms with E-state index >= 15 is 0 Å². The van der Waals surface area contributed by atoms with Crippen molar-refractivity contribution in [2.75, 3.05) is 0 Å². The fourth-order valence-electron chi connectivity index (χ4n) is 1.34. The van der Waals surface area contributed by atoms with Crippen molar-refractivity contribution in [3.63, 3.8) is 0 Å². The van der Waals surface area contributed by atoms with E-state index in [1.807, 2.05) is 24.3 Å². The van der Waals surface area contributed by atoms with Crippen LogP contribution in [-0.2, 0) is 0 Å². The van der Waals surface area contributed by atoms with Gasteiger partial charge in [0.15, 0.2) is 0 Å². The Hall–Kier alpha value is -0.970. The van der Waals surface area contributed by atoms with Gasteiger partial charge < -0.3 is 0 Å². The molecule has 0 aliphatic heterocycles. The zero-order valence-electron chi connectivity index (χ0n) is 8.52. The van der Waals surface area contributed by atoms with Crippen molar-refractivity contribution in [1.82, 2.24) is 0 Å². The summed E-state index contributed by atoms with van der Waals surface area (Å²) in [6.07, 6.45) is 3.42. The van der Waals surface area contributed by atoms with Crippen LogP contribution in [0.5, 0.6) is 0 Å². The summed E-state index contributed by atoms with van der Waals surface area (Å²) in [4.78, 5) is 0. The van der Waals surface area contributed by atoms with Gasteiger partial charge in [0.05, 0.1) is 0 Å². The van der Waals surface area contributed by atoms with E-state index in [1.165, 1.54) is 24.0 Å². The Morgan fingerprint density at radius 3 is 2.50 bits per heavy atom. The van der Waals surface area contributed by atoms with Crippen LogP contribution in [-0.4, -0.2) is 0 Å². The maximum atomic E-state index is 5.82. The van der Waals surface area contributed by atoms with Gasteiger partial charge in [0.25, 0.3) is 0 Å². The van der Waals surface area contributed by atoms with E-state index < -0.39 is 0 Å². The van der Waals surface area contributed by atoms with E-state index in [0.29, 0.717) is 0 Å². The molecule has 74 valence electrons. The first kappa shape index (κ1) is 11.1. The molecule has 0 bridgehead atoms. The van der Waals surface area contributed by atoms with Gasteiger partial charge in [0, 0.05) is 10.6 Å². The van der Waals surface area contributed by atoms with Crippen LogP contribution in [0.1, 0.15) is 31.7 Å². The Morgan fingerprint density at radius 1 is 1.36 bits per heavy atom. The summed E-state index contributed by atoms with van der Waals surface area (Å²) in [5.74, 6) is 0. The molecule has 1 heteroatoms. The van der Waals surface area contributed by atoms with Crippen molar-refractivity contribution in [2.45, 2.75) is 26.2 Å². The SMILES string of the molecule is C=C=C(CCCC)c1ccc(Cl)cc1. The van der Waals surface area contributed by atoms with Gasteiger partial charge in [-0.05, 0) is 30.5 Å². The summed E-state index contributed by atoms with van der Waals surface area (Å²) in [6.45, 7) is 5.90. The van der Waals surface area contributed by atoms with Gasteiger partial charge in [-0.25, -0.2) is 0 Å². The molecular formula is C13H15Cl. The topological polar surface area (TPSA) is 0 Å². The number of rotatable bonds is 4. The molecule has 0 aliphatic carbocycles. The van der Waals surface area contributed by atoms with Crippen LogP contribution in [0.2, 0.25) is 5.02 Å². The van der Waals surface area contributed by atoms with Crippen molar-refractivity contribution in [3.05, 3.63) is 47.2 Å². The van der Waals surface area contributed by atoms with Crippen molar-refractivity contribution in [2.24, 2.45) is 0 Å². The predicted octanol–water partition coefficient (Wildman–Crippen LogP) is 4.70. The molecule has 0 unspecified atom stereocenters. The highest BCUT2D eigenvalue weighted by molar-refractivity contribution is 6.30. The molecule has 1 aromatic carbocycles. The Labute approximate surface area is 90.9 Å². The quantitative estimate of drug-likeness (QED) is 0.627. The van der Waals surface area contributed by atoms with Crippen LogP contribution >= 0.6 is 11.6 Å². The first-order valence-electron chi connectivity index (χ1n) is 4.92. The second-order valence-electron chi connectivity index (χ2n) is 3.27. The molecule has 1 aromatic rings. The van der Waals surface area contributed by atoms with Crippen LogP contribution in [0, 0.1) is 0 Å². The summed E-state index contributed by atoms with van der Waals surface area (Å²) in [6, 6.07) is 7.84. The summed E-state index contributed by atoms with van der Waals surface area (Å²) in [5.41, 5.74) is 5.36. The third-order valence-electron chi connectivity index (χ3n) is 2.19.